The van der Waals surface area contributed by atoms with E-state index in [2.05, 4.69) is 16.8 Å². The fourth-order valence-corrected chi connectivity index (χ4v) is 3.89. The maximum absolute atomic E-state index is 12.8. The van der Waals surface area contributed by atoms with E-state index in [1.54, 1.807) is 48.5 Å². The number of nitrogens with zero attached hydrogens (tertiary/aromatic N) is 1. The van der Waals surface area contributed by atoms with Gasteiger partial charge in [-0.25, -0.2) is 14.4 Å². The van der Waals surface area contributed by atoms with Crippen LogP contribution in [0.15, 0.2) is 64.3 Å². The van der Waals surface area contributed by atoms with Crippen molar-refractivity contribution in [2.45, 2.75) is 38.7 Å². The molecule has 0 saturated carbocycles. The summed E-state index contributed by atoms with van der Waals surface area (Å²) >= 11 is 0. The smallest absolute Gasteiger partial charge is 0.338 e. The molecule has 10 nitrogen and oxygen atoms in total. The largest absolute Gasteiger partial charge is 0.459 e. The molecule has 0 amide bonds. The minimum Gasteiger partial charge on any atom is -0.459 e. The third-order valence-corrected chi connectivity index (χ3v) is 5.97. The molecule has 2 N–H and O–H groups in total. The summed E-state index contributed by atoms with van der Waals surface area (Å²) in [4.78, 5) is 52.2. The summed E-state index contributed by atoms with van der Waals surface area (Å²) in [7, 11) is 0. The topological polar surface area (TPSA) is 137 Å². The Morgan fingerprint density at radius 2 is 1.63 bits per heavy atom. The van der Waals surface area contributed by atoms with E-state index < -0.39 is 48.2 Å². The number of aryl methyl sites for hydroxylation is 2. The summed E-state index contributed by atoms with van der Waals surface area (Å²) in [6.45, 7) is 3.08. The van der Waals surface area contributed by atoms with Gasteiger partial charge in [0.15, 0.2) is 0 Å². The van der Waals surface area contributed by atoms with Gasteiger partial charge in [0.2, 0.25) is 0 Å². The number of ether oxygens (including phenoxy) is 3. The Hall–Kier alpha value is -4.46. The Bertz CT molecular complexity index is 1490. The molecule has 1 aliphatic heterocycles. The molecule has 4 rings (SSSR count). The van der Waals surface area contributed by atoms with Crippen molar-refractivity contribution in [3.8, 4) is 11.8 Å². The minimum absolute atomic E-state index is 0.0448. The fraction of sp³-hybridized carbons (Fsp3) is 0.286. The number of aromatic amines is 1. The monoisotopic (exact) mass is 518 g/mol. The normalized spacial score (nSPS) is 18.3. The van der Waals surface area contributed by atoms with Crippen LogP contribution in [0.3, 0.4) is 0 Å². The summed E-state index contributed by atoms with van der Waals surface area (Å²) in [5.74, 6) is 3.67. The zero-order chi connectivity index (χ0) is 27.2. The summed E-state index contributed by atoms with van der Waals surface area (Å²) < 4.78 is 18.3. The van der Waals surface area contributed by atoms with E-state index in [1.807, 2.05) is 13.8 Å². The number of rotatable bonds is 6. The zero-order valence-corrected chi connectivity index (χ0v) is 20.8. The first-order chi connectivity index (χ1) is 18.2. The first-order valence-electron chi connectivity index (χ1n) is 11.9. The lowest BCUT2D eigenvalue weighted by Gasteiger charge is -2.19. The van der Waals surface area contributed by atoms with Crippen molar-refractivity contribution in [2.24, 2.45) is 0 Å². The third-order valence-electron chi connectivity index (χ3n) is 5.97. The van der Waals surface area contributed by atoms with Crippen molar-refractivity contribution >= 4 is 11.9 Å². The quantitative estimate of drug-likeness (QED) is 0.373. The summed E-state index contributed by atoms with van der Waals surface area (Å²) in [6, 6.07) is 13.7. The zero-order valence-electron chi connectivity index (χ0n) is 20.8. The SMILES string of the molecule is Cc1ccc(C(=O)OC[C@H]2O[C@@H](n3cc(C#CCO)c(=O)[nH]c3=O)C[C@@H]2OC(=O)c2ccc(C)cc2)cc1. The van der Waals surface area contributed by atoms with Gasteiger partial charge < -0.3 is 19.3 Å². The molecule has 0 aliphatic carbocycles. The van der Waals surface area contributed by atoms with E-state index in [-0.39, 0.29) is 18.6 Å². The Morgan fingerprint density at radius 1 is 1.03 bits per heavy atom. The Kier molecular flexibility index (Phi) is 8.21. The molecular formula is C28H26N2O8. The van der Waals surface area contributed by atoms with Gasteiger partial charge in [0.05, 0.1) is 11.1 Å². The number of nitrogens with one attached hydrogen (secondary N) is 1. The summed E-state index contributed by atoms with van der Waals surface area (Å²) in [5.41, 5.74) is 1.13. The van der Waals surface area contributed by atoms with E-state index in [9.17, 15) is 19.2 Å². The average molecular weight is 519 g/mol. The lowest BCUT2D eigenvalue weighted by atomic mass is 10.1. The molecule has 3 aromatic rings. The first kappa shape index (κ1) is 26.6. The number of hydrogen-bond acceptors (Lipinski definition) is 8. The molecule has 3 atom stereocenters. The highest BCUT2D eigenvalue weighted by molar-refractivity contribution is 5.90. The maximum Gasteiger partial charge on any atom is 0.338 e. The highest BCUT2D eigenvalue weighted by Crippen LogP contribution is 2.31. The van der Waals surface area contributed by atoms with Gasteiger partial charge in [0, 0.05) is 12.6 Å². The first-order valence-corrected chi connectivity index (χ1v) is 11.9. The lowest BCUT2D eigenvalue weighted by Crippen LogP contribution is -2.34. The molecular weight excluding hydrogens is 492 g/mol. The highest BCUT2D eigenvalue weighted by Gasteiger charge is 2.40. The van der Waals surface area contributed by atoms with Gasteiger partial charge in [-0.05, 0) is 38.1 Å². The van der Waals surface area contributed by atoms with Crippen LogP contribution >= 0.6 is 0 Å². The predicted octanol–water partition coefficient (Wildman–Crippen LogP) is 1.87. The van der Waals surface area contributed by atoms with Gasteiger partial charge in [-0.1, -0.05) is 47.2 Å². The van der Waals surface area contributed by atoms with Crippen LogP contribution in [-0.2, 0) is 14.2 Å². The molecule has 1 aliphatic rings. The molecule has 0 bridgehead atoms. The minimum atomic E-state index is -0.951. The van der Waals surface area contributed by atoms with Gasteiger partial charge >= 0.3 is 17.6 Å². The molecule has 0 unspecified atom stereocenters. The van der Waals surface area contributed by atoms with Crippen LogP contribution in [0.2, 0.25) is 0 Å². The van der Waals surface area contributed by atoms with Crippen LogP contribution < -0.4 is 11.2 Å². The van der Waals surface area contributed by atoms with Crippen molar-refractivity contribution < 1.29 is 28.9 Å². The number of aliphatic hydroxyl groups excluding tert-OH is 1. The van der Waals surface area contributed by atoms with E-state index in [4.69, 9.17) is 19.3 Å². The van der Waals surface area contributed by atoms with Crippen LogP contribution in [0.5, 0.6) is 0 Å². The van der Waals surface area contributed by atoms with E-state index in [1.165, 1.54) is 6.20 Å². The number of aliphatic hydroxyl groups is 1. The summed E-state index contributed by atoms with van der Waals surface area (Å²) in [6.07, 6.45) is -1.45. The van der Waals surface area contributed by atoms with Crippen LogP contribution in [0.4, 0.5) is 0 Å². The number of H-pyrrole nitrogens is 1. The Labute approximate surface area is 217 Å². The maximum atomic E-state index is 12.8. The number of esters is 2. The number of carbonyl (C=O) groups is 2. The average Bonchev–Trinajstić information content (AvgIpc) is 3.29. The molecule has 1 saturated heterocycles. The van der Waals surface area contributed by atoms with Crippen molar-refractivity contribution in [1.82, 2.24) is 9.55 Å². The van der Waals surface area contributed by atoms with Crippen molar-refractivity contribution in [1.29, 1.82) is 0 Å². The van der Waals surface area contributed by atoms with Crippen LogP contribution in [-0.4, -0.2) is 52.0 Å². The molecule has 0 radical (unpaired) electrons. The number of carbonyl (C=O) groups excluding carboxylic acids is 2. The molecule has 0 spiro atoms. The van der Waals surface area contributed by atoms with Gasteiger partial charge in [0.25, 0.3) is 5.56 Å². The van der Waals surface area contributed by atoms with Crippen molar-refractivity contribution in [2.75, 3.05) is 13.2 Å². The van der Waals surface area contributed by atoms with Gasteiger partial charge in [-0.15, -0.1) is 0 Å². The van der Waals surface area contributed by atoms with Gasteiger partial charge in [-0.2, -0.15) is 0 Å². The predicted molar refractivity (Wildman–Crippen MR) is 136 cm³/mol. The Balaban J connectivity index is 1.57. The molecule has 10 heteroatoms. The van der Waals surface area contributed by atoms with Crippen molar-refractivity contribution in [3.05, 3.63) is 103 Å². The van der Waals surface area contributed by atoms with Crippen LogP contribution in [0.1, 0.15) is 50.1 Å². The van der Waals surface area contributed by atoms with Gasteiger partial charge in [-0.3, -0.25) is 14.3 Å². The second-order valence-electron chi connectivity index (χ2n) is 8.81. The van der Waals surface area contributed by atoms with Crippen LogP contribution in [0, 0.1) is 25.7 Å². The molecule has 2 aromatic carbocycles. The molecule has 1 fully saturated rings. The molecule has 1 aromatic heterocycles. The molecule has 196 valence electrons. The molecule has 2 heterocycles. The van der Waals surface area contributed by atoms with E-state index in [0.29, 0.717) is 11.1 Å². The van der Waals surface area contributed by atoms with E-state index in [0.717, 1.165) is 15.7 Å². The number of benzene rings is 2. The third kappa shape index (κ3) is 6.26. The molecule has 38 heavy (non-hydrogen) atoms. The second kappa shape index (κ2) is 11.7. The number of hydrogen-bond donors (Lipinski definition) is 2. The standard InChI is InChI=1S/C28H26N2O8/c1-17-5-9-19(10-6-17)26(33)36-16-23-22(38-27(34)20-11-7-18(2)8-12-20)14-24(37-23)30-15-21(4-3-13-31)25(32)29-28(30)35/h5-12,15,22-24,31H,13-14,16H2,1-2H3,(H,29,32,35)/t22-,23+,24+/m0/s1. The lowest BCUT2D eigenvalue weighted by molar-refractivity contribution is -0.0582. The van der Waals surface area contributed by atoms with Crippen LogP contribution in [0.25, 0.3) is 0 Å². The van der Waals surface area contributed by atoms with Crippen molar-refractivity contribution in [3.63, 3.8) is 0 Å². The second-order valence-corrected chi connectivity index (χ2v) is 8.81. The summed E-state index contributed by atoms with van der Waals surface area (Å²) in [5, 5.41) is 8.95. The fourth-order valence-electron chi connectivity index (χ4n) is 3.89. The van der Waals surface area contributed by atoms with Gasteiger partial charge in [0.1, 0.15) is 37.2 Å². The highest BCUT2D eigenvalue weighted by atomic mass is 16.6. The van der Waals surface area contributed by atoms with E-state index >= 15 is 0 Å². The number of aromatic nitrogens is 2. The Morgan fingerprint density at radius 3 is 2.24 bits per heavy atom.